The fourth-order valence-electron chi connectivity index (χ4n) is 4.22. The highest BCUT2D eigenvalue weighted by Crippen LogP contribution is 2.30. The summed E-state index contributed by atoms with van der Waals surface area (Å²) in [4.78, 5) is 19.1. The minimum atomic E-state index is -4.46. The highest BCUT2D eigenvalue weighted by molar-refractivity contribution is 7.09. The Labute approximate surface area is 229 Å². The first-order valence-electron chi connectivity index (χ1n) is 12.6. The second-order valence-electron chi connectivity index (χ2n) is 9.46. The van der Waals surface area contributed by atoms with E-state index in [-0.39, 0.29) is 37.3 Å². The summed E-state index contributed by atoms with van der Waals surface area (Å²) in [6.45, 7) is 2.50. The SMILES string of the molecule is C[C@@H](CCc1ccccc1)NC(=O)c1csc(CN(Cc2cccc(C(F)(F)F)c2)Cc2ccccc2F)n1. The van der Waals surface area contributed by atoms with Gasteiger partial charge in [-0.1, -0.05) is 66.7 Å². The smallest absolute Gasteiger partial charge is 0.348 e. The molecule has 1 aromatic heterocycles. The Bertz CT molecular complexity index is 1370. The minimum Gasteiger partial charge on any atom is -0.348 e. The first-order valence-corrected chi connectivity index (χ1v) is 13.5. The lowest BCUT2D eigenvalue weighted by atomic mass is 10.1. The van der Waals surface area contributed by atoms with Crippen LogP contribution in [-0.4, -0.2) is 21.8 Å². The van der Waals surface area contributed by atoms with Gasteiger partial charge in [-0.05, 0) is 43.0 Å². The Kier molecular flexibility index (Phi) is 9.48. The number of alkyl halides is 3. The minimum absolute atomic E-state index is 0.0543. The molecule has 4 aromatic rings. The van der Waals surface area contributed by atoms with E-state index in [0.29, 0.717) is 16.1 Å². The van der Waals surface area contributed by atoms with Crippen molar-refractivity contribution in [3.05, 3.63) is 123 Å². The van der Waals surface area contributed by atoms with E-state index in [9.17, 15) is 22.4 Å². The Balaban J connectivity index is 1.43. The van der Waals surface area contributed by atoms with Crippen molar-refractivity contribution in [3.63, 3.8) is 0 Å². The molecule has 0 unspecified atom stereocenters. The van der Waals surface area contributed by atoms with Gasteiger partial charge in [-0.3, -0.25) is 9.69 Å². The number of rotatable bonds is 11. The molecule has 1 amide bonds. The molecule has 204 valence electrons. The average molecular weight is 556 g/mol. The molecule has 4 nitrogen and oxygen atoms in total. The largest absolute Gasteiger partial charge is 0.416 e. The summed E-state index contributed by atoms with van der Waals surface area (Å²) in [6, 6.07) is 21.4. The first kappa shape index (κ1) is 28.4. The van der Waals surface area contributed by atoms with Crippen molar-refractivity contribution in [1.82, 2.24) is 15.2 Å². The maximum atomic E-state index is 14.4. The van der Waals surface area contributed by atoms with E-state index in [1.807, 2.05) is 42.2 Å². The number of hydrogen-bond acceptors (Lipinski definition) is 4. The van der Waals surface area contributed by atoms with E-state index < -0.39 is 17.6 Å². The second-order valence-corrected chi connectivity index (χ2v) is 10.4. The summed E-state index contributed by atoms with van der Waals surface area (Å²) in [5, 5.41) is 5.25. The Morgan fingerprint density at radius 3 is 2.41 bits per heavy atom. The van der Waals surface area contributed by atoms with E-state index in [1.54, 1.807) is 29.6 Å². The van der Waals surface area contributed by atoms with Gasteiger partial charge in [0.1, 0.15) is 16.5 Å². The molecule has 0 fully saturated rings. The number of amides is 1. The van der Waals surface area contributed by atoms with Crippen LogP contribution in [0.2, 0.25) is 0 Å². The van der Waals surface area contributed by atoms with Gasteiger partial charge < -0.3 is 5.32 Å². The molecule has 39 heavy (non-hydrogen) atoms. The number of aryl methyl sites for hydroxylation is 1. The van der Waals surface area contributed by atoms with Gasteiger partial charge in [0.05, 0.1) is 12.1 Å². The Morgan fingerprint density at radius 1 is 0.949 bits per heavy atom. The molecule has 0 aliphatic rings. The normalized spacial score (nSPS) is 12.5. The number of carbonyl (C=O) groups excluding carboxylic acids is 1. The zero-order valence-corrected chi connectivity index (χ0v) is 22.2. The van der Waals surface area contributed by atoms with Crippen molar-refractivity contribution in [2.75, 3.05) is 0 Å². The molecule has 0 aliphatic heterocycles. The summed E-state index contributed by atoms with van der Waals surface area (Å²) in [5.41, 5.74) is 1.62. The average Bonchev–Trinajstić information content (AvgIpc) is 3.38. The van der Waals surface area contributed by atoms with Crippen molar-refractivity contribution in [1.29, 1.82) is 0 Å². The van der Waals surface area contributed by atoms with Crippen LogP contribution >= 0.6 is 11.3 Å². The third kappa shape index (κ3) is 8.46. The van der Waals surface area contributed by atoms with E-state index >= 15 is 0 Å². The number of nitrogens with one attached hydrogen (secondary N) is 1. The van der Waals surface area contributed by atoms with Gasteiger partial charge in [-0.15, -0.1) is 11.3 Å². The molecule has 1 heterocycles. The van der Waals surface area contributed by atoms with Crippen LogP contribution in [0.25, 0.3) is 0 Å². The molecular weight excluding hydrogens is 526 g/mol. The molecule has 1 N–H and O–H groups in total. The van der Waals surface area contributed by atoms with Gasteiger partial charge in [0.25, 0.3) is 5.91 Å². The second kappa shape index (κ2) is 13.0. The number of benzene rings is 3. The predicted octanol–water partition coefficient (Wildman–Crippen LogP) is 7.25. The number of nitrogens with zero attached hydrogens (tertiary/aromatic N) is 2. The molecule has 0 aliphatic carbocycles. The molecule has 0 saturated heterocycles. The summed E-state index contributed by atoms with van der Waals surface area (Å²) in [6.07, 6.45) is -2.84. The lowest BCUT2D eigenvalue weighted by Gasteiger charge is -2.22. The van der Waals surface area contributed by atoms with Crippen LogP contribution in [0.1, 0.15) is 51.1 Å². The predicted molar refractivity (Wildman–Crippen MR) is 145 cm³/mol. The molecule has 1 atom stereocenters. The zero-order chi connectivity index (χ0) is 27.8. The quantitative estimate of drug-likeness (QED) is 0.198. The van der Waals surface area contributed by atoms with Crippen LogP contribution in [0.5, 0.6) is 0 Å². The number of aromatic nitrogens is 1. The topological polar surface area (TPSA) is 45.2 Å². The van der Waals surface area contributed by atoms with Gasteiger partial charge >= 0.3 is 6.18 Å². The highest BCUT2D eigenvalue weighted by Gasteiger charge is 2.30. The van der Waals surface area contributed by atoms with Gasteiger partial charge in [0.2, 0.25) is 0 Å². The maximum absolute atomic E-state index is 14.4. The number of thiazole rings is 1. The Hall–Kier alpha value is -3.56. The number of hydrogen-bond donors (Lipinski definition) is 1. The summed E-state index contributed by atoms with van der Waals surface area (Å²) in [5.74, 6) is -0.674. The molecule has 9 heteroatoms. The van der Waals surface area contributed by atoms with Crippen LogP contribution in [0, 0.1) is 5.82 Å². The lowest BCUT2D eigenvalue weighted by Crippen LogP contribution is -2.33. The highest BCUT2D eigenvalue weighted by atomic mass is 32.1. The van der Waals surface area contributed by atoms with Crippen molar-refractivity contribution < 1.29 is 22.4 Å². The van der Waals surface area contributed by atoms with Gasteiger partial charge in [-0.25, -0.2) is 9.37 Å². The standard InChI is InChI=1S/C30H29F4N3OS/c1-21(14-15-22-8-3-2-4-9-22)35-29(38)27-20-39-28(36-27)19-37(18-24-11-5-6-13-26(24)31)17-23-10-7-12-25(16-23)30(32,33)34/h2-13,16,20-21H,14-15,17-19H2,1H3,(H,35,38)/t21-/m0/s1. The van der Waals surface area contributed by atoms with Gasteiger partial charge in [0, 0.05) is 30.1 Å². The third-order valence-corrected chi connectivity index (χ3v) is 7.08. The number of halogens is 4. The molecule has 4 rings (SSSR count). The third-order valence-electron chi connectivity index (χ3n) is 6.24. The van der Waals surface area contributed by atoms with Crippen molar-refractivity contribution >= 4 is 17.2 Å². The first-order chi connectivity index (χ1) is 18.7. The zero-order valence-electron chi connectivity index (χ0n) is 21.4. The van der Waals surface area contributed by atoms with Crippen LogP contribution < -0.4 is 5.32 Å². The van der Waals surface area contributed by atoms with Gasteiger partial charge in [-0.2, -0.15) is 13.2 Å². The van der Waals surface area contributed by atoms with Crippen molar-refractivity contribution in [2.45, 2.75) is 51.6 Å². The van der Waals surface area contributed by atoms with Crippen LogP contribution in [-0.2, 0) is 32.2 Å². The van der Waals surface area contributed by atoms with Gasteiger partial charge in [0.15, 0.2) is 0 Å². The van der Waals surface area contributed by atoms with Crippen LogP contribution in [0.3, 0.4) is 0 Å². The molecule has 3 aromatic carbocycles. The van der Waals surface area contributed by atoms with E-state index in [2.05, 4.69) is 10.3 Å². The number of carbonyl (C=O) groups is 1. The van der Waals surface area contributed by atoms with Crippen molar-refractivity contribution in [3.8, 4) is 0 Å². The molecule has 0 spiro atoms. The molecule has 0 saturated carbocycles. The summed E-state index contributed by atoms with van der Waals surface area (Å²) < 4.78 is 54.1. The Morgan fingerprint density at radius 2 is 1.67 bits per heavy atom. The van der Waals surface area contributed by atoms with E-state index in [1.165, 1.54) is 29.0 Å². The van der Waals surface area contributed by atoms with Crippen LogP contribution in [0.15, 0.2) is 84.2 Å². The lowest BCUT2D eigenvalue weighted by molar-refractivity contribution is -0.137. The van der Waals surface area contributed by atoms with Crippen LogP contribution in [0.4, 0.5) is 17.6 Å². The van der Waals surface area contributed by atoms with E-state index in [4.69, 9.17) is 0 Å². The molecular formula is C30H29F4N3OS. The fraction of sp³-hybridized carbons (Fsp3) is 0.267. The monoisotopic (exact) mass is 555 g/mol. The molecule has 0 radical (unpaired) electrons. The van der Waals surface area contributed by atoms with Crippen molar-refractivity contribution in [2.24, 2.45) is 0 Å². The maximum Gasteiger partial charge on any atom is 0.416 e. The summed E-state index contributed by atoms with van der Waals surface area (Å²) in [7, 11) is 0. The van der Waals surface area contributed by atoms with E-state index in [0.717, 1.165) is 25.0 Å². The fourth-order valence-corrected chi connectivity index (χ4v) is 5.03. The summed E-state index contributed by atoms with van der Waals surface area (Å²) >= 11 is 1.29. The molecule has 0 bridgehead atoms.